The Bertz CT molecular complexity index is 583. The fraction of sp³-hybridized carbons (Fsp3) is 0.278. The second-order valence-electron chi connectivity index (χ2n) is 5.46. The number of piperidine rings is 1. The average Bonchev–Trinajstić information content (AvgIpc) is 2.57. The maximum absolute atomic E-state index is 12.4. The maximum Gasteiger partial charge on any atom is 0.251 e. The van der Waals surface area contributed by atoms with Gasteiger partial charge in [0.05, 0.1) is 0 Å². The fourth-order valence-electron chi connectivity index (χ4n) is 2.92. The van der Waals surface area contributed by atoms with Crippen molar-refractivity contribution in [1.82, 2.24) is 10.6 Å². The number of benzene rings is 2. The molecule has 1 aliphatic heterocycles. The van der Waals surface area contributed by atoms with E-state index < -0.39 is 0 Å². The second-order valence-corrected chi connectivity index (χ2v) is 5.46. The lowest BCUT2D eigenvalue weighted by Crippen LogP contribution is -2.48. The molecule has 108 valence electrons. The highest BCUT2D eigenvalue weighted by atomic mass is 16.1. The first-order chi connectivity index (χ1) is 10.3. The molecule has 3 rings (SSSR count). The molecule has 1 aliphatic rings. The van der Waals surface area contributed by atoms with Crippen molar-refractivity contribution in [2.24, 2.45) is 0 Å². The van der Waals surface area contributed by atoms with Gasteiger partial charge in [-0.15, -0.1) is 0 Å². The van der Waals surface area contributed by atoms with Crippen molar-refractivity contribution in [3.8, 4) is 0 Å². The summed E-state index contributed by atoms with van der Waals surface area (Å²) in [5.74, 6) is 0.344. The van der Waals surface area contributed by atoms with Crippen molar-refractivity contribution in [3.05, 3.63) is 71.8 Å². The number of amides is 1. The number of rotatable bonds is 3. The van der Waals surface area contributed by atoms with E-state index in [2.05, 4.69) is 34.9 Å². The molecule has 3 nitrogen and oxygen atoms in total. The van der Waals surface area contributed by atoms with Gasteiger partial charge < -0.3 is 10.6 Å². The summed E-state index contributed by atoms with van der Waals surface area (Å²) in [4.78, 5) is 12.4. The van der Waals surface area contributed by atoms with Gasteiger partial charge in [0, 0.05) is 24.1 Å². The molecule has 1 fully saturated rings. The highest BCUT2D eigenvalue weighted by Gasteiger charge is 2.27. The van der Waals surface area contributed by atoms with Gasteiger partial charge in [0.1, 0.15) is 0 Å². The maximum atomic E-state index is 12.4. The van der Waals surface area contributed by atoms with Crippen LogP contribution in [0.15, 0.2) is 60.7 Å². The lowest BCUT2D eigenvalue weighted by atomic mass is 9.86. The Labute approximate surface area is 125 Å². The van der Waals surface area contributed by atoms with Crippen LogP contribution in [0.25, 0.3) is 0 Å². The normalized spacial score (nSPS) is 21.7. The summed E-state index contributed by atoms with van der Waals surface area (Å²) in [6.45, 7) is 1.85. The van der Waals surface area contributed by atoms with E-state index in [1.807, 2.05) is 36.4 Å². The first-order valence-electron chi connectivity index (χ1n) is 7.46. The van der Waals surface area contributed by atoms with Crippen LogP contribution in [-0.4, -0.2) is 25.0 Å². The zero-order chi connectivity index (χ0) is 14.5. The SMILES string of the molecule is O=C(NC1CCNCC1c1ccccc1)c1ccccc1. The molecule has 2 atom stereocenters. The molecule has 0 aliphatic carbocycles. The average molecular weight is 280 g/mol. The third-order valence-electron chi connectivity index (χ3n) is 4.06. The molecule has 0 spiro atoms. The summed E-state index contributed by atoms with van der Waals surface area (Å²) in [6, 6.07) is 20.0. The van der Waals surface area contributed by atoms with Gasteiger partial charge in [0.2, 0.25) is 0 Å². The Hall–Kier alpha value is -2.13. The Morgan fingerprint density at radius 3 is 2.38 bits per heavy atom. The van der Waals surface area contributed by atoms with Gasteiger partial charge in [0.15, 0.2) is 0 Å². The largest absolute Gasteiger partial charge is 0.349 e. The van der Waals surface area contributed by atoms with Crippen LogP contribution in [0, 0.1) is 0 Å². The van der Waals surface area contributed by atoms with Gasteiger partial charge in [0.25, 0.3) is 5.91 Å². The van der Waals surface area contributed by atoms with Gasteiger partial charge in [-0.2, -0.15) is 0 Å². The summed E-state index contributed by atoms with van der Waals surface area (Å²) < 4.78 is 0. The molecule has 1 heterocycles. The smallest absolute Gasteiger partial charge is 0.251 e. The van der Waals surface area contributed by atoms with Crippen LogP contribution >= 0.6 is 0 Å². The molecule has 0 saturated carbocycles. The van der Waals surface area contributed by atoms with E-state index in [1.165, 1.54) is 5.56 Å². The quantitative estimate of drug-likeness (QED) is 0.907. The lowest BCUT2D eigenvalue weighted by molar-refractivity contribution is 0.0923. The molecule has 1 saturated heterocycles. The molecular formula is C18H20N2O. The Balaban J connectivity index is 1.75. The third kappa shape index (κ3) is 3.31. The number of hydrogen-bond acceptors (Lipinski definition) is 2. The zero-order valence-corrected chi connectivity index (χ0v) is 12.0. The monoisotopic (exact) mass is 280 g/mol. The van der Waals surface area contributed by atoms with Gasteiger partial charge in [-0.25, -0.2) is 0 Å². The van der Waals surface area contributed by atoms with Crippen molar-refractivity contribution >= 4 is 5.91 Å². The van der Waals surface area contributed by atoms with Crippen LogP contribution in [0.2, 0.25) is 0 Å². The van der Waals surface area contributed by atoms with E-state index in [0.29, 0.717) is 5.92 Å². The van der Waals surface area contributed by atoms with Crippen molar-refractivity contribution < 1.29 is 4.79 Å². The highest BCUT2D eigenvalue weighted by molar-refractivity contribution is 5.94. The topological polar surface area (TPSA) is 41.1 Å². The van der Waals surface area contributed by atoms with Crippen LogP contribution < -0.4 is 10.6 Å². The van der Waals surface area contributed by atoms with Gasteiger partial charge in [-0.05, 0) is 30.7 Å². The molecule has 0 aromatic heterocycles. The summed E-state index contributed by atoms with van der Waals surface area (Å²) in [5, 5.41) is 6.63. The first-order valence-corrected chi connectivity index (χ1v) is 7.46. The molecule has 2 unspecified atom stereocenters. The van der Waals surface area contributed by atoms with Crippen LogP contribution in [0.4, 0.5) is 0 Å². The van der Waals surface area contributed by atoms with E-state index >= 15 is 0 Å². The van der Waals surface area contributed by atoms with Crippen LogP contribution in [0.3, 0.4) is 0 Å². The van der Waals surface area contributed by atoms with Crippen LogP contribution in [0.1, 0.15) is 28.3 Å². The summed E-state index contributed by atoms with van der Waals surface area (Å²) >= 11 is 0. The number of carbonyl (C=O) groups is 1. The lowest BCUT2D eigenvalue weighted by Gasteiger charge is -2.33. The number of nitrogens with one attached hydrogen (secondary N) is 2. The second kappa shape index (κ2) is 6.55. The molecule has 3 heteroatoms. The Morgan fingerprint density at radius 2 is 1.67 bits per heavy atom. The van der Waals surface area contributed by atoms with E-state index in [-0.39, 0.29) is 11.9 Å². The van der Waals surface area contributed by atoms with Crippen molar-refractivity contribution in [2.75, 3.05) is 13.1 Å². The Morgan fingerprint density at radius 1 is 1.00 bits per heavy atom. The molecule has 0 radical (unpaired) electrons. The van der Waals surface area contributed by atoms with E-state index in [9.17, 15) is 4.79 Å². The molecule has 0 bridgehead atoms. The predicted octanol–water partition coefficient (Wildman–Crippen LogP) is 2.56. The summed E-state index contributed by atoms with van der Waals surface area (Å²) in [5.41, 5.74) is 2.01. The van der Waals surface area contributed by atoms with Crippen molar-refractivity contribution in [3.63, 3.8) is 0 Å². The fourth-order valence-corrected chi connectivity index (χ4v) is 2.92. The predicted molar refractivity (Wildman–Crippen MR) is 84.4 cm³/mol. The van der Waals surface area contributed by atoms with E-state index in [4.69, 9.17) is 0 Å². The van der Waals surface area contributed by atoms with Gasteiger partial charge >= 0.3 is 0 Å². The molecular weight excluding hydrogens is 260 g/mol. The van der Waals surface area contributed by atoms with E-state index in [0.717, 1.165) is 25.1 Å². The molecule has 2 N–H and O–H groups in total. The molecule has 21 heavy (non-hydrogen) atoms. The van der Waals surface area contributed by atoms with Gasteiger partial charge in [-0.3, -0.25) is 4.79 Å². The summed E-state index contributed by atoms with van der Waals surface area (Å²) in [6.07, 6.45) is 0.956. The van der Waals surface area contributed by atoms with E-state index in [1.54, 1.807) is 0 Å². The summed E-state index contributed by atoms with van der Waals surface area (Å²) in [7, 11) is 0. The first kappa shape index (κ1) is 13.8. The third-order valence-corrected chi connectivity index (χ3v) is 4.06. The molecule has 2 aromatic rings. The van der Waals surface area contributed by atoms with Crippen LogP contribution in [-0.2, 0) is 0 Å². The Kier molecular flexibility index (Phi) is 4.31. The van der Waals surface area contributed by atoms with Crippen molar-refractivity contribution in [1.29, 1.82) is 0 Å². The minimum Gasteiger partial charge on any atom is -0.349 e. The minimum atomic E-state index is 0.0171. The highest BCUT2D eigenvalue weighted by Crippen LogP contribution is 2.24. The number of hydrogen-bond donors (Lipinski definition) is 2. The van der Waals surface area contributed by atoms with Gasteiger partial charge in [-0.1, -0.05) is 48.5 Å². The van der Waals surface area contributed by atoms with Crippen molar-refractivity contribution in [2.45, 2.75) is 18.4 Å². The molecule has 1 amide bonds. The molecule has 2 aromatic carbocycles. The zero-order valence-electron chi connectivity index (χ0n) is 12.0. The standard InChI is InChI=1S/C18H20N2O/c21-18(15-9-5-2-6-10-15)20-17-11-12-19-13-16(17)14-7-3-1-4-8-14/h1-10,16-17,19H,11-13H2,(H,20,21). The minimum absolute atomic E-state index is 0.0171. The number of carbonyl (C=O) groups excluding carboxylic acids is 1. The van der Waals surface area contributed by atoms with Crippen LogP contribution in [0.5, 0.6) is 0 Å².